The molecular formula is C114H72N6S2. The number of nitrogens with zero attached hydrogens (tertiary/aromatic N) is 6. The minimum Gasteiger partial charge on any atom is -0.208 e. The number of aromatic nitrogens is 6. The van der Waals surface area contributed by atoms with Crippen LogP contribution >= 0.6 is 22.7 Å². The van der Waals surface area contributed by atoms with E-state index in [1.165, 1.54) is 63.3 Å². The molecule has 0 aliphatic heterocycles. The SMILES string of the molecule is c1ccc(-c2ccc(-c3ccccc3-c3ccc(-c4ccc5sc6cccc(-c7nc(-c8ccccc8)nc(-c8cccc(-c9ccc(-c%10ccc(-c%11cccc(-c%12ccc%13sc%14cccc(-c%15nc(-c%16ccccc%16)nc(-c%16cccc(-c%17ccccc%17)c%16)n%15)c%14c%13c%12)c%11)c(-c%11ccc(-c%12ccccc%12)cc%11)c%10)cc9)c8)n7)c6c5c4)cc3)cc2)cc1. The molecule has 0 bridgehead atoms. The molecule has 0 atom stereocenters. The van der Waals surface area contributed by atoms with E-state index >= 15 is 0 Å². The highest BCUT2D eigenvalue weighted by Crippen LogP contribution is 2.47. The smallest absolute Gasteiger partial charge is 0.164 e. The summed E-state index contributed by atoms with van der Waals surface area (Å²) in [5, 5.41) is 4.57. The summed E-state index contributed by atoms with van der Waals surface area (Å²) in [6.07, 6.45) is 0. The lowest BCUT2D eigenvalue weighted by Gasteiger charge is -2.15. The molecule has 4 aromatic heterocycles. The molecule has 0 fully saturated rings. The first kappa shape index (κ1) is 72.8. The van der Waals surface area contributed by atoms with Crippen LogP contribution in [-0.4, -0.2) is 29.9 Å². The molecule has 0 radical (unpaired) electrons. The van der Waals surface area contributed by atoms with Gasteiger partial charge in [0.2, 0.25) is 0 Å². The Morgan fingerprint density at radius 1 is 0.123 bits per heavy atom. The van der Waals surface area contributed by atoms with Gasteiger partial charge in [-0.25, -0.2) is 29.9 Å². The predicted molar refractivity (Wildman–Crippen MR) is 511 cm³/mol. The van der Waals surface area contributed by atoms with Crippen LogP contribution in [0.5, 0.6) is 0 Å². The van der Waals surface area contributed by atoms with Gasteiger partial charge in [0.15, 0.2) is 34.9 Å². The third kappa shape index (κ3) is 14.2. The van der Waals surface area contributed by atoms with E-state index in [-0.39, 0.29) is 0 Å². The van der Waals surface area contributed by atoms with Crippen molar-refractivity contribution in [1.82, 2.24) is 29.9 Å². The Morgan fingerprint density at radius 3 is 0.779 bits per heavy atom. The van der Waals surface area contributed by atoms with Crippen LogP contribution in [0.1, 0.15) is 0 Å². The molecule has 22 aromatic rings. The van der Waals surface area contributed by atoms with E-state index in [4.69, 9.17) is 29.9 Å². The van der Waals surface area contributed by atoms with Crippen LogP contribution in [0.4, 0.5) is 0 Å². The molecule has 8 heteroatoms. The highest BCUT2D eigenvalue weighted by atomic mass is 32.1. The van der Waals surface area contributed by atoms with Crippen LogP contribution in [0.2, 0.25) is 0 Å². The number of rotatable bonds is 17. The lowest BCUT2D eigenvalue weighted by molar-refractivity contribution is 1.08. The molecule has 0 N–H and O–H groups in total. The molecule has 570 valence electrons. The van der Waals surface area contributed by atoms with E-state index in [9.17, 15) is 0 Å². The van der Waals surface area contributed by atoms with Gasteiger partial charge < -0.3 is 0 Å². The summed E-state index contributed by atoms with van der Waals surface area (Å²) in [6.45, 7) is 0. The fourth-order valence-electron chi connectivity index (χ4n) is 17.1. The normalized spacial score (nSPS) is 11.4. The molecular weight excluding hydrogens is 1520 g/mol. The van der Waals surface area contributed by atoms with Crippen molar-refractivity contribution in [3.05, 3.63) is 437 Å². The maximum Gasteiger partial charge on any atom is 0.164 e. The van der Waals surface area contributed by atoms with Crippen LogP contribution in [-0.2, 0) is 0 Å². The fourth-order valence-corrected chi connectivity index (χ4v) is 19.3. The van der Waals surface area contributed by atoms with Crippen LogP contribution in [0.25, 0.3) is 231 Å². The number of hydrogen-bond donors (Lipinski definition) is 0. The second-order valence-corrected chi connectivity index (χ2v) is 33.0. The van der Waals surface area contributed by atoms with E-state index in [0.717, 1.165) is 133 Å². The average Bonchev–Trinajstić information content (AvgIpc) is 1.56. The molecule has 0 aliphatic rings. The van der Waals surface area contributed by atoms with Crippen LogP contribution < -0.4 is 0 Å². The molecule has 122 heavy (non-hydrogen) atoms. The first-order valence-corrected chi connectivity index (χ1v) is 42.7. The van der Waals surface area contributed by atoms with Gasteiger partial charge in [0.1, 0.15) is 0 Å². The van der Waals surface area contributed by atoms with Crippen molar-refractivity contribution in [1.29, 1.82) is 0 Å². The van der Waals surface area contributed by atoms with Gasteiger partial charge >= 0.3 is 0 Å². The molecule has 6 nitrogen and oxygen atoms in total. The average molecular weight is 1590 g/mol. The highest BCUT2D eigenvalue weighted by Gasteiger charge is 2.23. The van der Waals surface area contributed by atoms with Gasteiger partial charge in [0, 0.05) is 73.7 Å². The summed E-state index contributed by atoms with van der Waals surface area (Å²) in [5.41, 5.74) is 30.7. The maximum absolute atomic E-state index is 5.43. The molecule has 18 aromatic carbocycles. The predicted octanol–water partition coefficient (Wildman–Crippen LogP) is 31.1. The zero-order valence-electron chi connectivity index (χ0n) is 66.1. The topological polar surface area (TPSA) is 77.3 Å². The van der Waals surface area contributed by atoms with Gasteiger partial charge in [-0.3, -0.25) is 0 Å². The highest BCUT2D eigenvalue weighted by molar-refractivity contribution is 7.26. The first-order valence-electron chi connectivity index (χ1n) is 41.1. The molecule has 0 aliphatic carbocycles. The number of thiophene rings is 2. The molecule has 4 heterocycles. The quantitative estimate of drug-likeness (QED) is 0.0904. The monoisotopic (exact) mass is 1590 g/mol. The zero-order valence-corrected chi connectivity index (χ0v) is 67.7. The zero-order chi connectivity index (χ0) is 80.8. The van der Waals surface area contributed by atoms with Crippen molar-refractivity contribution >= 4 is 63.0 Å². The lowest BCUT2D eigenvalue weighted by atomic mass is 9.89. The number of benzene rings is 18. The van der Waals surface area contributed by atoms with Gasteiger partial charge in [-0.1, -0.05) is 376 Å². The summed E-state index contributed by atoms with van der Waals surface area (Å²) in [4.78, 5) is 31.8. The summed E-state index contributed by atoms with van der Waals surface area (Å²) in [5.74, 6) is 3.70. The third-order valence-electron chi connectivity index (χ3n) is 23.3. The van der Waals surface area contributed by atoms with Gasteiger partial charge in [-0.15, -0.1) is 22.7 Å². The summed E-state index contributed by atoms with van der Waals surface area (Å²) >= 11 is 3.59. The number of fused-ring (bicyclic) bond motifs is 6. The van der Waals surface area contributed by atoms with Gasteiger partial charge in [-0.2, -0.15) is 0 Å². The molecule has 0 saturated heterocycles. The summed E-state index contributed by atoms with van der Waals surface area (Å²) in [6, 6.07) is 157. The van der Waals surface area contributed by atoms with E-state index in [2.05, 4.69) is 394 Å². The molecule has 0 spiro atoms. The van der Waals surface area contributed by atoms with Crippen LogP contribution in [0.3, 0.4) is 0 Å². The molecule has 0 amide bonds. The lowest BCUT2D eigenvalue weighted by Crippen LogP contribution is -2.00. The Bertz CT molecular complexity index is 7690. The van der Waals surface area contributed by atoms with Crippen molar-refractivity contribution in [3.63, 3.8) is 0 Å². The van der Waals surface area contributed by atoms with Gasteiger partial charge in [-0.05, 0) is 183 Å². The van der Waals surface area contributed by atoms with Crippen molar-refractivity contribution in [2.24, 2.45) is 0 Å². The second kappa shape index (κ2) is 31.7. The molecule has 0 unspecified atom stereocenters. The third-order valence-corrected chi connectivity index (χ3v) is 25.6. The van der Waals surface area contributed by atoms with Crippen molar-refractivity contribution in [2.75, 3.05) is 0 Å². The van der Waals surface area contributed by atoms with Crippen molar-refractivity contribution < 1.29 is 0 Å². The standard InChI is InChI=1S/C114H72N6S2/c1-6-23-73(24-7-1)76-49-55-81(56-50-76)95-39-16-17-40-96(95)82-57-53-80(54-58-82)90-62-65-103-101(71-90)107-98(41-21-43-105(107)121-103)113-117-110(85-31-14-5-15-32-85)116-112(120-113)94-38-20-34-87(69-94)78-45-47-79(48-46-78)89-61-64-97(100(70-89)83-59-51-77(52-60-83)74-25-8-2-9-26-74)92-36-18-35-88(67-92)91-63-66-104-102(72-91)108-99(42-22-44-106(108)122-104)114-118-109(84-29-12-4-13-30-84)115-111(119-114)93-37-19-33-86(68-93)75-27-10-3-11-28-75/h1-72H. The van der Waals surface area contributed by atoms with Crippen LogP contribution in [0.15, 0.2) is 437 Å². The van der Waals surface area contributed by atoms with E-state index in [1.54, 1.807) is 22.7 Å². The van der Waals surface area contributed by atoms with E-state index < -0.39 is 0 Å². The van der Waals surface area contributed by atoms with Gasteiger partial charge in [0.05, 0.1) is 0 Å². The van der Waals surface area contributed by atoms with E-state index in [1.807, 2.05) is 42.5 Å². The fraction of sp³-hybridized carbons (Fsp3) is 0. The summed E-state index contributed by atoms with van der Waals surface area (Å²) in [7, 11) is 0. The molecule has 22 rings (SSSR count). The Kier molecular flexibility index (Phi) is 18.9. The Balaban J connectivity index is 0.576. The largest absolute Gasteiger partial charge is 0.208 e. The maximum atomic E-state index is 5.43. The summed E-state index contributed by atoms with van der Waals surface area (Å²) < 4.78 is 4.73. The Hall–Kier alpha value is -15.6. The first-order chi connectivity index (χ1) is 60.4. The second-order valence-electron chi connectivity index (χ2n) is 30.8. The van der Waals surface area contributed by atoms with Crippen molar-refractivity contribution in [3.8, 4) is 191 Å². The number of hydrogen-bond acceptors (Lipinski definition) is 8. The Labute approximate surface area is 715 Å². The minimum atomic E-state index is 0.600. The molecule has 0 saturated carbocycles. The minimum absolute atomic E-state index is 0.600. The van der Waals surface area contributed by atoms with Crippen LogP contribution in [0, 0.1) is 0 Å². The van der Waals surface area contributed by atoms with Gasteiger partial charge in [0.25, 0.3) is 0 Å². The Morgan fingerprint density at radius 2 is 0.361 bits per heavy atom. The van der Waals surface area contributed by atoms with Crippen molar-refractivity contribution in [2.45, 2.75) is 0 Å². The van der Waals surface area contributed by atoms with E-state index in [0.29, 0.717) is 34.9 Å².